The number of carbonyl (C=O) groups is 3. The zero-order valence-electron chi connectivity index (χ0n) is 14.7. The van der Waals surface area contributed by atoms with Gasteiger partial charge in [0.1, 0.15) is 0 Å². The summed E-state index contributed by atoms with van der Waals surface area (Å²) in [7, 11) is 0. The number of benzene rings is 1. The molecule has 11 heteroatoms. The molecule has 1 aromatic rings. The summed E-state index contributed by atoms with van der Waals surface area (Å²) >= 11 is 6.00. The normalized spacial score (nSPS) is 13.1. The molecule has 1 saturated heterocycles. The molecule has 4 N–H and O–H groups in total. The second-order valence-corrected chi connectivity index (χ2v) is 6.04. The van der Waals surface area contributed by atoms with E-state index in [1.165, 1.54) is 0 Å². The van der Waals surface area contributed by atoms with E-state index in [4.69, 9.17) is 17.3 Å². The predicted octanol–water partition coefficient (Wildman–Crippen LogP) is 0.0233. The first-order chi connectivity index (χ1) is 12.0. The van der Waals surface area contributed by atoms with Gasteiger partial charge in [-0.1, -0.05) is 17.7 Å². The molecular weight excluding hydrogens is 417 g/mol. The minimum Gasteiger partial charge on any atom is -0.368 e. The third-order valence-electron chi connectivity index (χ3n) is 3.87. The lowest BCUT2D eigenvalue weighted by molar-refractivity contribution is -0.133. The van der Waals surface area contributed by atoms with Crippen molar-refractivity contribution in [3.05, 3.63) is 29.3 Å². The molecule has 3 amide bonds. The van der Waals surface area contributed by atoms with Gasteiger partial charge in [0.05, 0.1) is 19.6 Å². The molecule has 1 fully saturated rings. The molecule has 27 heavy (non-hydrogen) atoms. The standard InChI is InChI=1S/C16H22ClN5O3.2ClH/c17-12-2-1-3-13(8-12)21-4-6-22(7-5-21)16(25)11-20-15(24)10-19-14(23)9-18;;/h1-3,8H,4-7,9-11,18H2,(H,19,23)(H,20,24);2*1H. The highest BCUT2D eigenvalue weighted by molar-refractivity contribution is 6.30. The van der Waals surface area contributed by atoms with Gasteiger partial charge in [-0.2, -0.15) is 0 Å². The van der Waals surface area contributed by atoms with Crippen LogP contribution in [0.2, 0.25) is 5.02 Å². The van der Waals surface area contributed by atoms with Crippen molar-refractivity contribution >= 4 is 59.8 Å². The van der Waals surface area contributed by atoms with Crippen molar-refractivity contribution in [2.45, 2.75) is 0 Å². The minimum absolute atomic E-state index is 0. The third kappa shape index (κ3) is 8.21. The Morgan fingerprint density at radius 2 is 1.63 bits per heavy atom. The largest absolute Gasteiger partial charge is 0.368 e. The molecule has 8 nitrogen and oxygen atoms in total. The summed E-state index contributed by atoms with van der Waals surface area (Å²) in [6.07, 6.45) is 0. The molecule has 2 rings (SSSR count). The van der Waals surface area contributed by atoms with E-state index >= 15 is 0 Å². The number of nitrogens with two attached hydrogens (primary N) is 1. The topological polar surface area (TPSA) is 108 Å². The van der Waals surface area contributed by atoms with Crippen LogP contribution in [-0.4, -0.2) is 68.4 Å². The van der Waals surface area contributed by atoms with Crippen molar-refractivity contribution in [2.75, 3.05) is 50.7 Å². The fourth-order valence-electron chi connectivity index (χ4n) is 2.49. The summed E-state index contributed by atoms with van der Waals surface area (Å²) in [6.45, 7) is 2.10. The molecule has 1 aliphatic rings. The van der Waals surface area contributed by atoms with Crippen LogP contribution in [0.25, 0.3) is 0 Å². The molecule has 152 valence electrons. The molecule has 0 radical (unpaired) electrons. The maximum absolute atomic E-state index is 12.2. The molecule has 1 heterocycles. The van der Waals surface area contributed by atoms with Crippen LogP contribution >= 0.6 is 36.4 Å². The Labute approximate surface area is 175 Å². The van der Waals surface area contributed by atoms with Gasteiger partial charge in [0.15, 0.2) is 0 Å². The zero-order chi connectivity index (χ0) is 18.2. The van der Waals surface area contributed by atoms with Gasteiger partial charge >= 0.3 is 0 Å². The first kappa shape index (κ1) is 25.3. The van der Waals surface area contributed by atoms with Crippen LogP contribution < -0.4 is 21.3 Å². The number of hydrogen-bond donors (Lipinski definition) is 3. The maximum atomic E-state index is 12.2. The Bertz CT molecular complexity index is 639. The van der Waals surface area contributed by atoms with Gasteiger partial charge in [-0.25, -0.2) is 0 Å². The van der Waals surface area contributed by atoms with Gasteiger partial charge in [-0.3, -0.25) is 14.4 Å². The molecule has 0 aliphatic carbocycles. The third-order valence-corrected chi connectivity index (χ3v) is 4.11. The monoisotopic (exact) mass is 439 g/mol. The minimum atomic E-state index is -0.423. The summed E-state index contributed by atoms with van der Waals surface area (Å²) < 4.78 is 0. The predicted molar refractivity (Wildman–Crippen MR) is 110 cm³/mol. The molecule has 0 aromatic heterocycles. The van der Waals surface area contributed by atoms with Crippen molar-refractivity contribution in [3.8, 4) is 0 Å². The van der Waals surface area contributed by atoms with E-state index in [9.17, 15) is 14.4 Å². The Morgan fingerprint density at radius 1 is 1.00 bits per heavy atom. The fourth-order valence-corrected chi connectivity index (χ4v) is 2.67. The highest BCUT2D eigenvalue weighted by Crippen LogP contribution is 2.20. The van der Waals surface area contributed by atoms with Crippen LogP contribution in [0.3, 0.4) is 0 Å². The number of piperazine rings is 1. The average Bonchev–Trinajstić information content (AvgIpc) is 2.64. The maximum Gasteiger partial charge on any atom is 0.242 e. The Morgan fingerprint density at radius 3 is 2.22 bits per heavy atom. The van der Waals surface area contributed by atoms with Crippen molar-refractivity contribution in [1.29, 1.82) is 0 Å². The molecule has 0 saturated carbocycles. The van der Waals surface area contributed by atoms with Crippen molar-refractivity contribution in [2.24, 2.45) is 5.73 Å². The lowest BCUT2D eigenvalue weighted by Crippen LogP contribution is -2.51. The number of nitrogens with zero attached hydrogens (tertiary/aromatic N) is 2. The number of halogens is 3. The smallest absolute Gasteiger partial charge is 0.242 e. The van der Waals surface area contributed by atoms with E-state index < -0.39 is 11.8 Å². The van der Waals surface area contributed by atoms with E-state index in [2.05, 4.69) is 15.5 Å². The highest BCUT2D eigenvalue weighted by Gasteiger charge is 2.21. The van der Waals surface area contributed by atoms with Crippen molar-refractivity contribution in [3.63, 3.8) is 0 Å². The van der Waals surface area contributed by atoms with Crippen LogP contribution in [0.15, 0.2) is 24.3 Å². The summed E-state index contributed by atoms with van der Waals surface area (Å²) in [5.41, 5.74) is 6.15. The number of carbonyl (C=O) groups excluding carboxylic acids is 3. The molecule has 0 unspecified atom stereocenters. The number of anilines is 1. The van der Waals surface area contributed by atoms with Gasteiger partial charge in [-0.05, 0) is 18.2 Å². The number of rotatable bonds is 6. The summed E-state index contributed by atoms with van der Waals surface area (Å²) in [4.78, 5) is 38.6. The average molecular weight is 441 g/mol. The summed E-state index contributed by atoms with van der Waals surface area (Å²) in [5.74, 6) is -0.990. The van der Waals surface area contributed by atoms with E-state index in [-0.39, 0.29) is 50.4 Å². The van der Waals surface area contributed by atoms with Gasteiger partial charge in [-0.15, -0.1) is 24.8 Å². The SMILES string of the molecule is Cl.Cl.NCC(=O)NCC(=O)NCC(=O)N1CCN(c2cccc(Cl)c2)CC1. The van der Waals surface area contributed by atoms with Crippen LogP contribution in [0.5, 0.6) is 0 Å². The fraction of sp³-hybridized carbons (Fsp3) is 0.438. The summed E-state index contributed by atoms with van der Waals surface area (Å²) in [6, 6.07) is 7.60. The van der Waals surface area contributed by atoms with Crippen LogP contribution in [0.4, 0.5) is 5.69 Å². The molecule has 0 spiro atoms. The Balaban J connectivity index is 0.00000338. The van der Waals surface area contributed by atoms with Crippen molar-refractivity contribution < 1.29 is 14.4 Å². The summed E-state index contributed by atoms with van der Waals surface area (Å²) in [5, 5.41) is 5.52. The van der Waals surface area contributed by atoms with E-state index in [1.54, 1.807) is 4.90 Å². The highest BCUT2D eigenvalue weighted by atomic mass is 35.5. The second kappa shape index (κ2) is 12.6. The molecule has 0 bridgehead atoms. The second-order valence-electron chi connectivity index (χ2n) is 5.61. The molecule has 1 aromatic carbocycles. The van der Waals surface area contributed by atoms with E-state index in [0.717, 1.165) is 5.69 Å². The van der Waals surface area contributed by atoms with Crippen LogP contribution in [0.1, 0.15) is 0 Å². The van der Waals surface area contributed by atoms with Gasteiger partial charge in [0.25, 0.3) is 0 Å². The lowest BCUT2D eigenvalue weighted by Gasteiger charge is -2.36. The van der Waals surface area contributed by atoms with Crippen molar-refractivity contribution in [1.82, 2.24) is 15.5 Å². The molecular formula is C16H24Cl3N5O3. The number of amides is 3. The quantitative estimate of drug-likeness (QED) is 0.578. The van der Waals surface area contributed by atoms with Crippen LogP contribution in [-0.2, 0) is 14.4 Å². The van der Waals surface area contributed by atoms with Gasteiger partial charge in [0.2, 0.25) is 17.7 Å². The van der Waals surface area contributed by atoms with Gasteiger partial charge in [0, 0.05) is 36.9 Å². The Hall–Kier alpha value is -1.74. The Kier molecular flexibility index (Phi) is 11.8. The number of hydrogen-bond acceptors (Lipinski definition) is 5. The molecule has 0 atom stereocenters. The van der Waals surface area contributed by atoms with E-state index in [0.29, 0.717) is 31.2 Å². The first-order valence-electron chi connectivity index (χ1n) is 8.01. The lowest BCUT2D eigenvalue weighted by atomic mass is 10.2. The number of nitrogens with one attached hydrogen (secondary N) is 2. The van der Waals surface area contributed by atoms with Crippen LogP contribution in [0, 0.1) is 0 Å². The first-order valence-corrected chi connectivity index (χ1v) is 8.39. The van der Waals surface area contributed by atoms with Gasteiger partial charge < -0.3 is 26.2 Å². The molecule has 1 aliphatic heterocycles. The van der Waals surface area contributed by atoms with E-state index in [1.807, 2.05) is 24.3 Å². The zero-order valence-corrected chi connectivity index (χ0v) is 17.0.